The largest absolute Gasteiger partial charge is 0.435 e. The molecule has 0 spiro atoms. The Morgan fingerprint density at radius 3 is 1.30 bits per heavy atom. The Kier molecular flexibility index (Phi) is 10.3. The zero-order valence-corrected chi connectivity index (χ0v) is 24.3. The zero-order valence-electron chi connectivity index (χ0n) is 24.3. The highest BCUT2D eigenvalue weighted by Gasteiger charge is 2.38. The molecule has 4 rings (SSSR count). The number of unbranched alkanes of at least 4 members (excludes halogenated alkanes) is 6. The molecule has 0 aliphatic heterocycles. The highest BCUT2D eigenvalue weighted by atomic mass is 19.4. The smallest absolute Gasteiger partial charge is 0.233 e. The van der Waals surface area contributed by atoms with Crippen molar-refractivity contribution in [1.29, 1.82) is 0 Å². The van der Waals surface area contributed by atoms with Gasteiger partial charge in [-0.05, 0) is 49.2 Å². The van der Waals surface area contributed by atoms with Crippen molar-refractivity contribution in [3.63, 3.8) is 0 Å². The first-order valence-electron chi connectivity index (χ1n) is 14.7. The van der Waals surface area contributed by atoms with E-state index in [4.69, 9.17) is 9.97 Å². The van der Waals surface area contributed by atoms with Crippen molar-refractivity contribution >= 4 is 0 Å². The van der Waals surface area contributed by atoms with Gasteiger partial charge in [0.25, 0.3) is 0 Å². The number of hydrogen-bond donors (Lipinski definition) is 0. The molecule has 0 aliphatic carbocycles. The van der Waals surface area contributed by atoms with Gasteiger partial charge in [-0.25, -0.2) is 19.3 Å². The fraction of sp³-hybridized carbons (Fsp3) is 0.484. The molecule has 4 aromatic heterocycles. The number of aromatic nitrogens is 6. The normalized spacial score (nSPS) is 12.7. The molecule has 0 aliphatic rings. The van der Waals surface area contributed by atoms with E-state index < -0.39 is 29.2 Å². The van der Waals surface area contributed by atoms with Crippen molar-refractivity contribution in [1.82, 2.24) is 29.5 Å². The lowest BCUT2D eigenvalue weighted by molar-refractivity contribution is -0.142. The minimum absolute atomic E-state index is 0.234. The topological polar surface area (TPSA) is 61.4 Å². The summed E-state index contributed by atoms with van der Waals surface area (Å²) in [6.07, 6.45) is 2.37. The van der Waals surface area contributed by atoms with Crippen molar-refractivity contribution in [2.45, 2.75) is 95.8 Å². The van der Waals surface area contributed by atoms with Crippen LogP contribution in [0.4, 0.5) is 26.3 Å². The summed E-state index contributed by atoms with van der Waals surface area (Å²) >= 11 is 0. The summed E-state index contributed by atoms with van der Waals surface area (Å²) in [5, 5.41) is 7.41. The van der Waals surface area contributed by atoms with Crippen LogP contribution in [0.25, 0.3) is 11.6 Å². The fourth-order valence-corrected chi connectivity index (χ4v) is 5.32. The van der Waals surface area contributed by atoms with Crippen LogP contribution in [-0.4, -0.2) is 29.5 Å². The molecule has 12 heteroatoms. The van der Waals surface area contributed by atoms with Crippen molar-refractivity contribution < 1.29 is 26.3 Å². The molecule has 4 aromatic rings. The molecule has 43 heavy (non-hydrogen) atoms. The number of halogens is 6. The number of alkyl halides is 6. The number of rotatable bonds is 14. The first-order valence-corrected chi connectivity index (χ1v) is 14.7. The summed E-state index contributed by atoms with van der Waals surface area (Å²) in [5.41, 5.74) is -1.52. The van der Waals surface area contributed by atoms with Crippen molar-refractivity contribution in [3.05, 3.63) is 83.7 Å². The van der Waals surface area contributed by atoms with Gasteiger partial charge in [0.2, 0.25) is 0 Å². The molecular formula is C31H36F6N6. The number of pyridine rings is 2. The number of nitrogens with zero attached hydrogens (tertiary/aromatic N) is 6. The van der Waals surface area contributed by atoms with Crippen LogP contribution in [0.2, 0.25) is 0 Å². The molecule has 0 saturated heterocycles. The van der Waals surface area contributed by atoms with Crippen LogP contribution >= 0.6 is 0 Å². The maximum Gasteiger partial charge on any atom is 0.435 e. The molecule has 0 amide bonds. The molecule has 4 heterocycles. The lowest BCUT2D eigenvalue weighted by Crippen LogP contribution is -2.31. The number of hydrogen-bond acceptors (Lipinski definition) is 4. The van der Waals surface area contributed by atoms with Crippen LogP contribution < -0.4 is 0 Å². The Labute approximate surface area is 247 Å². The highest BCUT2D eigenvalue weighted by molar-refractivity contribution is 5.38. The van der Waals surface area contributed by atoms with E-state index >= 15 is 0 Å². The Hall–Kier alpha value is -3.70. The second-order valence-corrected chi connectivity index (χ2v) is 10.8. The van der Waals surface area contributed by atoms with E-state index in [9.17, 15) is 26.3 Å². The summed E-state index contributed by atoms with van der Waals surface area (Å²) in [4.78, 5) is 9.69. The van der Waals surface area contributed by atoms with Gasteiger partial charge < -0.3 is 0 Å². The molecular weight excluding hydrogens is 570 g/mol. The molecule has 232 valence electrons. The van der Waals surface area contributed by atoms with Gasteiger partial charge in [0.05, 0.1) is 16.8 Å². The van der Waals surface area contributed by atoms with Gasteiger partial charge in [-0.2, -0.15) is 36.5 Å². The van der Waals surface area contributed by atoms with Gasteiger partial charge in [0.1, 0.15) is 0 Å². The predicted molar refractivity (Wildman–Crippen MR) is 151 cm³/mol. The molecule has 0 N–H and O–H groups in total. The Morgan fingerprint density at radius 1 is 0.535 bits per heavy atom. The zero-order chi connectivity index (χ0) is 31.1. The van der Waals surface area contributed by atoms with Crippen molar-refractivity contribution in [3.8, 4) is 11.6 Å². The van der Waals surface area contributed by atoms with Gasteiger partial charge in [0.15, 0.2) is 23.0 Å². The second-order valence-electron chi connectivity index (χ2n) is 10.8. The van der Waals surface area contributed by atoms with E-state index in [1.807, 2.05) is 12.1 Å². The van der Waals surface area contributed by atoms with Crippen LogP contribution in [0, 0.1) is 0 Å². The average molecular weight is 607 g/mol. The van der Waals surface area contributed by atoms with Gasteiger partial charge in [-0.1, -0.05) is 77.3 Å². The lowest BCUT2D eigenvalue weighted by Gasteiger charge is -2.34. The third-order valence-electron chi connectivity index (χ3n) is 7.59. The molecule has 6 nitrogen and oxygen atoms in total. The Bertz CT molecular complexity index is 1350. The maximum absolute atomic E-state index is 13.3. The van der Waals surface area contributed by atoms with E-state index in [-0.39, 0.29) is 11.6 Å². The van der Waals surface area contributed by atoms with E-state index in [2.05, 4.69) is 24.0 Å². The van der Waals surface area contributed by atoms with E-state index in [1.54, 1.807) is 24.3 Å². The van der Waals surface area contributed by atoms with Crippen LogP contribution in [-0.2, 0) is 17.8 Å². The van der Waals surface area contributed by atoms with Crippen LogP contribution in [0.5, 0.6) is 0 Å². The van der Waals surface area contributed by atoms with E-state index in [0.717, 1.165) is 72.9 Å². The Balaban J connectivity index is 1.83. The highest BCUT2D eigenvalue weighted by Crippen LogP contribution is 2.41. The average Bonchev–Trinajstić information content (AvgIpc) is 3.68. The summed E-state index contributed by atoms with van der Waals surface area (Å²) in [6, 6.07) is 12.2. The summed E-state index contributed by atoms with van der Waals surface area (Å²) in [6.45, 7) is 4.24. The monoisotopic (exact) mass is 606 g/mol. The van der Waals surface area contributed by atoms with Crippen LogP contribution in [0.3, 0.4) is 0 Å². The molecule has 0 bridgehead atoms. The van der Waals surface area contributed by atoms with Gasteiger partial charge >= 0.3 is 12.4 Å². The summed E-state index contributed by atoms with van der Waals surface area (Å²) < 4.78 is 81.9. The molecule has 0 saturated carbocycles. The minimum Gasteiger partial charge on any atom is -0.233 e. The Morgan fingerprint density at radius 2 is 0.953 bits per heavy atom. The molecule has 0 unspecified atom stereocenters. The quantitative estimate of drug-likeness (QED) is 0.106. The van der Waals surface area contributed by atoms with Crippen LogP contribution in [0.15, 0.2) is 60.9 Å². The van der Waals surface area contributed by atoms with Crippen LogP contribution in [0.1, 0.15) is 101 Å². The maximum atomic E-state index is 13.3. The van der Waals surface area contributed by atoms with E-state index in [0.29, 0.717) is 24.2 Å². The molecule has 0 aromatic carbocycles. The predicted octanol–water partition coefficient (Wildman–Crippen LogP) is 9.11. The summed E-state index contributed by atoms with van der Waals surface area (Å²) in [5.74, 6) is 0.468. The van der Waals surface area contributed by atoms with E-state index in [1.165, 1.54) is 12.4 Å². The molecule has 0 atom stereocenters. The fourth-order valence-electron chi connectivity index (χ4n) is 5.32. The van der Waals surface area contributed by atoms with Gasteiger partial charge in [0, 0.05) is 12.4 Å². The van der Waals surface area contributed by atoms with Gasteiger partial charge in [-0.15, -0.1) is 0 Å². The summed E-state index contributed by atoms with van der Waals surface area (Å²) in [7, 11) is 0. The van der Waals surface area contributed by atoms with Crippen molar-refractivity contribution in [2.24, 2.45) is 0 Å². The standard InChI is InChI=1S/C31H36F6N6/c1-3-5-7-9-19-29(20-10-8-6-4-2,23-13-11-15-27(38-23)42-21-17-25(40-42)30(32,33)34)24-14-12-16-28(39-24)43-22-18-26(41-43)31(35,36)37/h11-18,21-22H,3-10,19-20H2,1-2H3. The minimum atomic E-state index is -4.59. The third-order valence-corrected chi connectivity index (χ3v) is 7.59. The molecule has 0 fully saturated rings. The van der Waals surface area contributed by atoms with Crippen molar-refractivity contribution in [2.75, 3.05) is 0 Å². The molecule has 0 radical (unpaired) electrons. The third kappa shape index (κ3) is 7.83. The second kappa shape index (κ2) is 13.7. The first kappa shape index (κ1) is 32.2. The first-order chi connectivity index (χ1) is 20.5. The van der Waals surface area contributed by atoms with Gasteiger partial charge in [-0.3, -0.25) is 0 Å². The SMILES string of the molecule is CCCCCCC(CCCCCC)(c1cccc(-n2ccc(C(F)(F)F)n2)n1)c1cccc(-n2ccc(C(F)(F)F)n2)n1. The lowest BCUT2D eigenvalue weighted by atomic mass is 9.72.